The molecule has 2 aromatic rings. The first-order valence-corrected chi connectivity index (χ1v) is 8.99. The molecule has 26 heavy (non-hydrogen) atoms. The molecule has 7 nitrogen and oxygen atoms in total. The van der Waals surface area contributed by atoms with Gasteiger partial charge in [-0.1, -0.05) is 12.5 Å². The third kappa shape index (κ3) is 4.11. The molecule has 3 atom stereocenters. The zero-order valence-corrected chi connectivity index (χ0v) is 14.9. The second-order valence-electron chi connectivity index (χ2n) is 6.75. The van der Waals surface area contributed by atoms with Crippen LogP contribution in [0.15, 0.2) is 42.7 Å². The Morgan fingerprint density at radius 2 is 2.04 bits per heavy atom. The molecule has 7 heteroatoms. The van der Waals surface area contributed by atoms with E-state index in [9.17, 15) is 9.59 Å². The zero-order chi connectivity index (χ0) is 18.5. The Balaban J connectivity index is 1.63. The van der Waals surface area contributed by atoms with Crippen molar-refractivity contribution in [3.63, 3.8) is 0 Å². The SMILES string of the molecule is CC(C(=O)Nc1cccc(NC(=O)[C@@H]2CCC[C@@H]2CN)c1)n1cccn1. The van der Waals surface area contributed by atoms with E-state index < -0.39 is 6.04 Å². The quantitative estimate of drug-likeness (QED) is 0.740. The van der Waals surface area contributed by atoms with Crippen LogP contribution in [-0.4, -0.2) is 28.1 Å². The van der Waals surface area contributed by atoms with Gasteiger partial charge in [-0.05, 0) is 56.5 Å². The Morgan fingerprint density at radius 3 is 2.73 bits per heavy atom. The summed E-state index contributed by atoms with van der Waals surface area (Å²) in [6.45, 7) is 2.32. The van der Waals surface area contributed by atoms with Crippen molar-refractivity contribution in [2.75, 3.05) is 17.2 Å². The molecule has 1 aromatic carbocycles. The summed E-state index contributed by atoms with van der Waals surface area (Å²) in [7, 11) is 0. The Bertz CT molecular complexity index is 759. The first-order chi connectivity index (χ1) is 12.6. The first kappa shape index (κ1) is 18.1. The number of benzene rings is 1. The highest BCUT2D eigenvalue weighted by Crippen LogP contribution is 2.32. The largest absolute Gasteiger partial charge is 0.330 e. The molecule has 1 saturated carbocycles. The third-order valence-corrected chi connectivity index (χ3v) is 5.00. The van der Waals surface area contributed by atoms with Crippen LogP contribution >= 0.6 is 0 Å². The predicted octanol–water partition coefficient (Wildman–Crippen LogP) is 2.40. The van der Waals surface area contributed by atoms with Gasteiger partial charge in [0.15, 0.2) is 0 Å². The fourth-order valence-electron chi connectivity index (χ4n) is 3.45. The number of hydrogen-bond donors (Lipinski definition) is 3. The fraction of sp³-hybridized carbons (Fsp3) is 0.421. The number of amides is 2. The molecule has 0 bridgehead atoms. The molecule has 0 aliphatic heterocycles. The van der Waals surface area contributed by atoms with Crippen LogP contribution in [0, 0.1) is 11.8 Å². The lowest BCUT2D eigenvalue weighted by atomic mass is 9.95. The second-order valence-corrected chi connectivity index (χ2v) is 6.75. The summed E-state index contributed by atoms with van der Waals surface area (Å²) >= 11 is 0. The average Bonchev–Trinajstić information content (AvgIpc) is 3.32. The van der Waals surface area contributed by atoms with Crippen LogP contribution in [0.1, 0.15) is 32.2 Å². The normalized spacial score (nSPS) is 20.5. The molecule has 138 valence electrons. The van der Waals surface area contributed by atoms with Crippen molar-refractivity contribution < 1.29 is 9.59 Å². The number of nitrogens with zero attached hydrogens (tertiary/aromatic N) is 2. The number of hydrogen-bond acceptors (Lipinski definition) is 4. The van der Waals surface area contributed by atoms with E-state index in [0.29, 0.717) is 17.9 Å². The molecular weight excluding hydrogens is 330 g/mol. The van der Waals surface area contributed by atoms with Gasteiger partial charge in [-0.3, -0.25) is 14.3 Å². The number of carbonyl (C=O) groups is 2. The van der Waals surface area contributed by atoms with Crippen LogP contribution in [0.2, 0.25) is 0 Å². The van der Waals surface area contributed by atoms with E-state index >= 15 is 0 Å². The number of aromatic nitrogens is 2. The number of anilines is 2. The van der Waals surface area contributed by atoms with Crippen LogP contribution in [0.5, 0.6) is 0 Å². The second kappa shape index (κ2) is 8.14. The number of nitrogens with two attached hydrogens (primary N) is 1. The minimum atomic E-state index is -0.424. The van der Waals surface area contributed by atoms with Crippen molar-refractivity contribution in [2.45, 2.75) is 32.2 Å². The van der Waals surface area contributed by atoms with E-state index in [0.717, 1.165) is 19.3 Å². The molecule has 1 heterocycles. The molecule has 4 N–H and O–H groups in total. The van der Waals surface area contributed by atoms with Crippen molar-refractivity contribution in [3.05, 3.63) is 42.7 Å². The Hall–Kier alpha value is -2.67. The van der Waals surface area contributed by atoms with E-state index in [4.69, 9.17) is 5.73 Å². The van der Waals surface area contributed by atoms with Gasteiger partial charge in [-0.15, -0.1) is 0 Å². The summed E-state index contributed by atoms with van der Waals surface area (Å²) in [4.78, 5) is 24.9. The highest BCUT2D eigenvalue weighted by Gasteiger charge is 2.31. The molecule has 1 aliphatic carbocycles. The third-order valence-electron chi connectivity index (χ3n) is 5.00. The van der Waals surface area contributed by atoms with Gasteiger partial charge in [0.1, 0.15) is 6.04 Å². The van der Waals surface area contributed by atoms with Crippen molar-refractivity contribution >= 4 is 23.2 Å². The van der Waals surface area contributed by atoms with Crippen molar-refractivity contribution in [2.24, 2.45) is 17.6 Å². The maximum atomic E-state index is 12.5. The van der Waals surface area contributed by atoms with E-state index in [1.807, 2.05) is 6.07 Å². The molecule has 1 aromatic heterocycles. The van der Waals surface area contributed by atoms with Crippen LogP contribution in [-0.2, 0) is 9.59 Å². The molecule has 3 rings (SSSR count). The molecular formula is C19H25N5O2. The molecule has 0 saturated heterocycles. The smallest absolute Gasteiger partial charge is 0.248 e. The summed E-state index contributed by atoms with van der Waals surface area (Å²) in [6, 6.07) is 8.53. The molecule has 0 radical (unpaired) electrons. The number of nitrogens with one attached hydrogen (secondary N) is 2. The van der Waals surface area contributed by atoms with Crippen LogP contribution in [0.25, 0.3) is 0 Å². The van der Waals surface area contributed by atoms with E-state index in [1.54, 1.807) is 48.3 Å². The van der Waals surface area contributed by atoms with Gasteiger partial charge in [0.2, 0.25) is 11.8 Å². The monoisotopic (exact) mass is 355 g/mol. The van der Waals surface area contributed by atoms with Crippen LogP contribution in [0.4, 0.5) is 11.4 Å². The lowest BCUT2D eigenvalue weighted by Gasteiger charge is -2.18. The summed E-state index contributed by atoms with van der Waals surface area (Å²) < 4.78 is 1.59. The van der Waals surface area contributed by atoms with Gasteiger partial charge < -0.3 is 16.4 Å². The molecule has 1 unspecified atom stereocenters. The van der Waals surface area contributed by atoms with Gasteiger partial charge in [-0.25, -0.2) is 0 Å². The Labute approximate surface area is 153 Å². The van der Waals surface area contributed by atoms with E-state index in [-0.39, 0.29) is 23.7 Å². The fourth-order valence-corrected chi connectivity index (χ4v) is 3.45. The summed E-state index contributed by atoms with van der Waals surface area (Å²) in [5.41, 5.74) is 7.07. The standard InChI is InChI=1S/C19H25N5O2/c1-13(24-10-4-9-21-24)18(25)22-15-6-3-7-16(11-15)23-19(26)17-8-2-5-14(17)12-20/h3-4,6-7,9-11,13-14,17H,2,5,8,12,20H2,1H3,(H,22,25)(H,23,26)/t13?,14-,17-/m1/s1. The van der Waals surface area contributed by atoms with Crippen molar-refractivity contribution in [1.82, 2.24) is 9.78 Å². The van der Waals surface area contributed by atoms with Gasteiger partial charge >= 0.3 is 0 Å². The molecule has 0 spiro atoms. The van der Waals surface area contributed by atoms with Gasteiger partial charge in [0, 0.05) is 29.7 Å². The zero-order valence-electron chi connectivity index (χ0n) is 14.9. The van der Waals surface area contributed by atoms with E-state index in [2.05, 4.69) is 15.7 Å². The van der Waals surface area contributed by atoms with Crippen LogP contribution < -0.4 is 16.4 Å². The maximum Gasteiger partial charge on any atom is 0.248 e. The maximum absolute atomic E-state index is 12.5. The Morgan fingerprint density at radius 1 is 1.27 bits per heavy atom. The highest BCUT2D eigenvalue weighted by molar-refractivity contribution is 5.96. The first-order valence-electron chi connectivity index (χ1n) is 8.99. The minimum absolute atomic E-state index is 0.00587. The molecule has 2 amide bonds. The molecule has 1 fully saturated rings. The summed E-state index contributed by atoms with van der Waals surface area (Å²) in [6.07, 6.45) is 6.32. The molecule has 1 aliphatic rings. The van der Waals surface area contributed by atoms with Crippen LogP contribution in [0.3, 0.4) is 0 Å². The number of rotatable bonds is 6. The lowest BCUT2D eigenvalue weighted by molar-refractivity contribution is -0.121. The van der Waals surface area contributed by atoms with E-state index in [1.165, 1.54) is 0 Å². The van der Waals surface area contributed by atoms with Crippen molar-refractivity contribution in [3.8, 4) is 0 Å². The summed E-state index contributed by atoms with van der Waals surface area (Å²) in [5, 5.41) is 9.90. The minimum Gasteiger partial charge on any atom is -0.330 e. The summed E-state index contributed by atoms with van der Waals surface area (Å²) in [5.74, 6) is 0.0633. The lowest BCUT2D eigenvalue weighted by Crippen LogP contribution is -2.29. The van der Waals surface area contributed by atoms with Crippen molar-refractivity contribution in [1.29, 1.82) is 0 Å². The predicted molar refractivity (Wildman–Crippen MR) is 101 cm³/mol. The Kier molecular flexibility index (Phi) is 5.68. The van der Waals surface area contributed by atoms with Gasteiger partial charge in [0.05, 0.1) is 0 Å². The van der Waals surface area contributed by atoms with Gasteiger partial charge in [-0.2, -0.15) is 5.10 Å². The average molecular weight is 355 g/mol. The van der Waals surface area contributed by atoms with Gasteiger partial charge in [0.25, 0.3) is 0 Å². The number of carbonyl (C=O) groups excluding carboxylic acids is 2. The highest BCUT2D eigenvalue weighted by atomic mass is 16.2. The topological polar surface area (TPSA) is 102 Å².